The molecular weight excluding hydrogens is 269 g/mol. The number of ether oxygens (including phenoxy) is 1. The van der Waals surface area contributed by atoms with Crippen LogP contribution in [-0.4, -0.2) is 11.7 Å². The van der Waals surface area contributed by atoms with Gasteiger partial charge in [-0.2, -0.15) is 0 Å². The minimum absolute atomic E-state index is 0.0557. The Morgan fingerprint density at radius 3 is 2.90 bits per heavy atom. The van der Waals surface area contributed by atoms with Gasteiger partial charge in [-0.3, -0.25) is 0 Å². The first-order chi connectivity index (χ1) is 10.1. The van der Waals surface area contributed by atoms with Gasteiger partial charge in [-0.25, -0.2) is 4.39 Å². The number of fused-ring (bicyclic) bond motifs is 1. The summed E-state index contributed by atoms with van der Waals surface area (Å²) in [6.07, 6.45) is 0.848. The molecule has 2 atom stereocenters. The van der Waals surface area contributed by atoms with E-state index in [9.17, 15) is 9.50 Å². The molecule has 110 valence electrons. The van der Waals surface area contributed by atoms with Crippen LogP contribution >= 0.6 is 0 Å². The van der Waals surface area contributed by atoms with E-state index in [1.165, 1.54) is 6.07 Å². The largest absolute Gasteiger partial charge is 0.508 e. The Morgan fingerprint density at radius 2 is 2.10 bits per heavy atom. The molecule has 1 heterocycles. The number of hydrogen-bond acceptors (Lipinski definition) is 3. The number of para-hydroxylation sites is 1. The molecule has 0 aliphatic carbocycles. The van der Waals surface area contributed by atoms with Gasteiger partial charge in [-0.1, -0.05) is 24.3 Å². The summed E-state index contributed by atoms with van der Waals surface area (Å²) in [6.45, 7) is 2.58. The van der Waals surface area contributed by atoms with Crippen LogP contribution in [0, 0.1) is 5.82 Å². The van der Waals surface area contributed by atoms with E-state index in [4.69, 9.17) is 4.74 Å². The fourth-order valence-corrected chi connectivity index (χ4v) is 2.77. The van der Waals surface area contributed by atoms with Crippen LogP contribution in [0.3, 0.4) is 0 Å². The highest BCUT2D eigenvalue weighted by Crippen LogP contribution is 2.33. The number of aromatic hydroxyl groups is 1. The highest BCUT2D eigenvalue weighted by Gasteiger charge is 2.23. The van der Waals surface area contributed by atoms with Gasteiger partial charge in [-0.15, -0.1) is 0 Å². The number of halogens is 1. The second kappa shape index (κ2) is 5.74. The van der Waals surface area contributed by atoms with Gasteiger partial charge in [0.1, 0.15) is 17.3 Å². The topological polar surface area (TPSA) is 41.5 Å². The fraction of sp³-hybridized carbons (Fsp3) is 0.294. The van der Waals surface area contributed by atoms with Crippen molar-refractivity contribution in [1.82, 2.24) is 5.32 Å². The molecule has 0 amide bonds. The zero-order valence-electron chi connectivity index (χ0n) is 11.8. The van der Waals surface area contributed by atoms with E-state index in [0.717, 1.165) is 23.8 Å². The van der Waals surface area contributed by atoms with Gasteiger partial charge in [0, 0.05) is 35.7 Å². The van der Waals surface area contributed by atoms with Gasteiger partial charge in [-0.05, 0) is 19.1 Å². The van der Waals surface area contributed by atoms with E-state index in [0.29, 0.717) is 12.2 Å². The van der Waals surface area contributed by atoms with Crippen molar-refractivity contribution in [3.05, 3.63) is 59.4 Å². The van der Waals surface area contributed by atoms with Crippen molar-refractivity contribution < 1.29 is 14.2 Å². The lowest BCUT2D eigenvalue weighted by atomic mass is 9.98. The third-order valence-corrected chi connectivity index (χ3v) is 3.86. The van der Waals surface area contributed by atoms with E-state index >= 15 is 0 Å². The summed E-state index contributed by atoms with van der Waals surface area (Å²) in [7, 11) is 0. The van der Waals surface area contributed by atoms with E-state index in [-0.39, 0.29) is 17.8 Å². The lowest BCUT2D eigenvalue weighted by Crippen LogP contribution is -2.29. The number of phenols is 1. The monoisotopic (exact) mass is 287 g/mol. The van der Waals surface area contributed by atoms with Gasteiger partial charge >= 0.3 is 0 Å². The molecule has 0 bridgehead atoms. The van der Waals surface area contributed by atoms with Gasteiger partial charge in [0.15, 0.2) is 0 Å². The van der Waals surface area contributed by atoms with Crippen LogP contribution in [0.15, 0.2) is 42.5 Å². The Hall–Kier alpha value is -2.07. The second-order valence-corrected chi connectivity index (χ2v) is 5.32. The minimum atomic E-state index is -0.393. The lowest BCUT2D eigenvalue weighted by molar-refractivity contribution is 0.245. The molecule has 4 heteroatoms. The molecule has 21 heavy (non-hydrogen) atoms. The van der Waals surface area contributed by atoms with Crippen molar-refractivity contribution in [2.45, 2.75) is 25.4 Å². The van der Waals surface area contributed by atoms with Crippen LogP contribution in [0.5, 0.6) is 11.5 Å². The molecule has 0 spiro atoms. The highest BCUT2D eigenvalue weighted by atomic mass is 19.1. The molecule has 1 aliphatic heterocycles. The van der Waals surface area contributed by atoms with Crippen molar-refractivity contribution in [3.63, 3.8) is 0 Å². The van der Waals surface area contributed by atoms with E-state index in [1.54, 1.807) is 6.07 Å². The quantitative estimate of drug-likeness (QED) is 0.904. The highest BCUT2D eigenvalue weighted by molar-refractivity contribution is 5.38. The molecule has 0 radical (unpaired) electrons. The van der Waals surface area contributed by atoms with Crippen molar-refractivity contribution in [2.75, 3.05) is 6.61 Å². The average molecular weight is 287 g/mol. The van der Waals surface area contributed by atoms with Crippen LogP contribution in [0.4, 0.5) is 4.39 Å². The molecule has 3 nitrogen and oxygen atoms in total. The first kappa shape index (κ1) is 13.9. The maximum absolute atomic E-state index is 13.9. The molecule has 2 N–H and O–H groups in total. The predicted molar refractivity (Wildman–Crippen MR) is 78.9 cm³/mol. The van der Waals surface area contributed by atoms with E-state index in [2.05, 4.69) is 5.32 Å². The number of phenolic OH excluding ortho intramolecular Hbond substituents is 1. The first-order valence-corrected chi connectivity index (χ1v) is 7.11. The van der Waals surface area contributed by atoms with Crippen molar-refractivity contribution >= 4 is 0 Å². The number of benzene rings is 2. The Balaban J connectivity index is 1.81. The zero-order valence-corrected chi connectivity index (χ0v) is 11.8. The summed E-state index contributed by atoms with van der Waals surface area (Å²) < 4.78 is 19.6. The molecule has 2 unspecified atom stereocenters. The average Bonchev–Trinajstić information content (AvgIpc) is 2.47. The molecule has 0 fully saturated rings. The summed E-state index contributed by atoms with van der Waals surface area (Å²) in [6, 6.07) is 12.2. The first-order valence-electron chi connectivity index (χ1n) is 7.11. The predicted octanol–water partition coefficient (Wildman–Crippen LogP) is 3.71. The van der Waals surface area contributed by atoms with E-state index in [1.807, 2.05) is 31.2 Å². The molecule has 2 aromatic rings. The third kappa shape index (κ3) is 2.85. The Labute approximate surface area is 123 Å². The maximum atomic E-state index is 13.9. The molecule has 1 aliphatic rings. The van der Waals surface area contributed by atoms with Gasteiger partial charge in [0.2, 0.25) is 0 Å². The summed E-state index contributed by atoms with van der Waals surface area (Å²) in [5.74, 6) is 0.440. The van der Waals surface area contributed by atoms with Crippen molar-refractivity contribution in [3.8, 4) is 11.5 Å². The summed E-state index contributed by atoms with van der Waals surface area (Å²) in [5.41, 5.74) is 1.66. The van der Waals surface area contributed by atoms with Gasteiger partial charge in [0.25, 0.3) is 0 Å². The summed E-state index contributed by atoms with van der Waals surface area (Å²) in [4.78, 5) is 0. The molecule has 0 saturated carbocycles. The third-order valence-electron chi connectivity index (χ3n) is 3.86. The van der Waals surface area contributed by atoms with E-state index < -0.39 is 5.82 Å². The second-order valence-electron chi connectivity index (χ2n) is 5.32. The lowest BCUT2D eigenvalue weighted by Gasteiger charge is -2.29. The van der Waals surface area contributed by atoms with Crippen LogP contribution < -0.4 is 10.1 Å². The molecule has 0 aromatic heterocycles. The van der Waals surface area contributed by atoms with Crippen LogP contribution in [0.1, 0.15) is 36.6 Å². The standard InChI is InChI=1S/C17H18FNO2/c1-11(13-7-6-12(20)10-15(13)18)19-16-8-9-21-17-5-3-2-4-14(16)17/h2-7,10-11,16,19-20H,8-9H2,1H3. The molecule has 3 rings (SSSR count). The zero-order chi connectivity index (χ0) is 14.8. The maximum Gasteiger partial charge on any atom is 0.131 e. The molecular formula is C17H18FNO2. The Bertz CT molecular complexity index is 644. The van der Waals surface area contributed by atoms with Crippen LogP contribution in [0.2, 0.25) is 0 Å². The van der Waals surface area contributed by atoms with Crippen molar-refractivity contribution in [2.24, 2.45) is 0 Å². The SMILES string of the molecule is CC(NC1CCOc2ccccc21)c1ccc(O)cc1F. The van der Waals surface area contributed by atoms with Gasteiger partial charge < -0.3 is 15.2 Å². The summed E-state index contributed by atoms with van der Waals surface area (Å²) in [5, 5.41) is 12.7. The Kier molecular flexibility index (Phi) is 3.80. The molecule has 0 saturated heterocycles. The fourth-order valence-electron chi connectivity index (χ4n) is 2.77. The minimum Gasteiger partial charge on any atom is -0.508 e. The number of nitrogens with one attached hydrogen (secondary N) is 1. The van der Waals surface area contributed by atoms with Crippen LogP contribution in [-0.2, 0) is 0 Å². The smallest absolute Gasteiger partial charge is 0.131 e. The van der Waals surface area contributed by atoms with Crippen molar-refractivity contribution in [1.29, 1.82) is 0 Å². The number of hydrogen-bond donors (Lipinski definition) is 2. The van der Waals surface area contributed by atoms with Gasteiger partial charge in [0.05, 0.1) is 6.61 Å². The molecule has 2 aromatic carbocycles. The Morgan fingerprint density at radius 1 is 1.29 bits per heavy atom. The summed E-state index contributed by atoms with van der Waals surface area (Å²) >= 11 is 0. The number of rotatable bonds is 3. The normalized spacial score (nSPS) is 18.7. The van der Waals surface area contributed by atoms with Crippen LogP contribution in [0.25, 0.3) is 0 Å².